The quantitative estimate of drug-likeness (QED) is 0.800. The summed E-state index contributed by atoms with van der Waals surface area (Å²) in [4.78, 5) is 16.1. The first-order chi connectivity index (χ1) is 10.1. The molecule has 0 spiro atoms. The van der Waals surface area contributed by atoms with Gasteiger partial charge in [0.1, 0.15) is 0 Å². The Morgan fingerprint density at radius 2 is 2.14 bits per heavy atom. The third-order valence-electron chi connectivity index (χ3n) is 3.91. The maximum atomic E-state index is 12.0. The number of hydrogen-bond donors (Lipinski definition) is 2. The van der Waals surface area contributed by atoms with Crippen LogP contribution in [0.5, 0.6) is 0 Å². The van der Waals surface area contributed by atoms with E-state index in [9.17, 15) is 9.90 Å². The summed E-state index contributed by atoms with van der Waals surface area (Å²) in [5.41, 5.74) is 1.19. The van der Waals surface area contributed by atoms with Gasteiger partial charge in [-0.3, -0.25) is 9.69 Å². The normalized spacial score (nSPS) is 20.7. The lowest BCUT2D eigenvalue weighted by atomic mass is 10.1. The predicted octanol–water partition coefficient (Wildman–Crippen LogP) is 0.472. The van der Waals surface area contributed by atoms with Gasteiger partial charge in [-0.05, 0) is 26.1 Å². The van der Waals surface area contributed by atoms with Gasteiger partial charge in [0.25, 0.3) is 0 Å². The van der Waals surface area contributed by atoms with Gasteiger partial charge in [-0.25, -0.2) is 0 Å². The van der Waals surface area contributed by atoms with Gasteiger partial charge in [0.15, 0.2) is 0 Å². The Morgan fingerprint density at radius 3 is 2.71 bits per heavy atom. The molecule has 1 aliphatic rings. The molecule has 0 bridgehead atoms. The molecule has 0 aromatic heterocycles. The van der Waals surface area contributed by atoms with Gasteiger partial charge in [0.05, 0.1) is 18.7 Å². The van der Waals surface area contributed by atoms with Crippen molar-refractivity contribution in [1.29, 1.82) is 0 Å². The van der Waals surface area contributed by atoms with Crippen molar-refractivity contribution in [2.24, 2.45) is 0 Å². The van der Waals surface area contributed by atoms with Crippen LogP contribution in [-0.4, -0.2) is 67.2 Å². The second-order valence-corrected chi connectivity index (χ2v) is 5.87. The van der Waals surface area contributed by atoms with E-state index in [2.05, 4.69) is 22.3 Å². The highest BCUT2D eigenvalue weighted by molar-refractivity contribution is 5.78. The van der Waals surface area contributed by atoms with E-state index in [-0.39, 0.29) is 18.1 Å². The third-order valence-corrected chi connectivity index (χ3v) is 3.91. The van der Waals surface area contributed by atoms with Gasteiger partial charge in [-0.1, -0.05) is 30.3 Å². The average molecular weight is 291 g/mol. The van der Waals surface area contributed by atoms with Crippen LogP contribution in [-0.2, 0) is 4.79 Å². The number of nitrogens with zero attached hydrogens (tertiary/aromatic N) is 2. The molecule has 2 rings (SSSR count). The number of aliphatic hydroxyl groups is 1. The van der Waals surface area contributed by atoms with E-state index in [4.69, 9.17) is 0 Å². The molecule has 1 aromatic carbocycles. The van der Waals surface area contributed by atoms with Crippen molar-refractivity contribution in [3.05, 3.63) is 35.9 Å². The van der Waals surface area contributed by atoms with Gasteiger partial charge in [0.2, 0.25) is 5.91 Å². The highest BCUT2D eigenvalue weighted by Gasteiger charge is 2.22. The maximum absolute atomic E-state index is 12.0. The molecule has 0 radical (unpaired) electrons. The van der Waals surface area contributed by atoms with E-state index in [0.29, 0.717) is 19.6 Å². The summed E-state index contributed by atoms with van der Waals surface area (Å²) < 4.78 is 0. The van der Waals surface area contributed by atoms with Crippen molar-refractivity contribution in [1.82, 2.24) is 15.1 Å². The minimum absolute atomic E-state index is 0.0203. The highest BCUT2D eigenvalue weighted by atomic mass is 16.3. The zero-order chi connectivity index (χ0) is 15.2. The zero-order valence-electron chi connectivity index (χ0n) is 12.8. The number of hydrogen-bond acceptors (Lipinski definition) is 4. The summed E-state index contributed by atoms with van der Waals surface area (Å²) in [5.74, 6) is 0.0203. The van der Waals surface area contributed by atoms with Crippen LogP contribution in [0.15, 0.2) is 30.3 Å². The Kier molecular flexibility index (Phi) is 5.73. The molecule has 116 valence electrons. The van der Waals surface area contributed by atoms with Crippen molar-refractivity contribution >= 4 is 5.91 Å². The molecular formula is C16H25N3O2. The van der Waals surface area contributed by atoms with E-state index in [0.717, 1.165) is 13.0 Å². The molecule has 1 aromatic rings. The van der Waals surface area contributed by atoms with E-state index in [1.807, 2.05) is 37.2 Å². The van der Waals surface area contributed by atoms with Crippen LogP contribution in [0.1, 0.15) is 18.0 Å². The van der Waals surface area contributed by atoms with Crippen LogP contribution in [0.4, 0.5) is 0 Å². The molecule has 2 atom stereocenters. The minimum Gasteiger partial charge on any atom is -0.392 e. The molecule has 21 heavy (non-hydrogen) atoms. The maximum Gasteiger partial charge on any atom is 0.234 e. The van der Waals surface area contributed by atoms with Crippen LogP contribution < -0.4 is 5.32 Å². The number of β-amino-alcohol motifs (C(OH)–C–C–N with tert-alkyl or cyclic N) is 1. The molecule has 2 N–H and O–H groups in total. The first-order valence-electron chi connectivity index (χ1n) is 7.44. The SMILES string of the molecule is CN(C)[C@H](CNC(=O)CN1CC[C@@H](O)C1)c1ccccc1. The first kappa shape index (κ1) is 15.9. The smallest absolute Gasteiger partial charge is 0.234 e. The molecule has 1 heterocycles. The molecule has 0 aliphatic carbocycles. The van der Waals surface area contributed by atoms with Crippen molar-refractivity contribution in [3.63, 3.8) is 0 Å². The second-order valence-electron chi connectivity index (χ2n) is 5.87. The molecule has 0 unspecified atom stereocenters. The number of carbonyl (C=O) groups is 1. The number of rotatable bonds is 6. The topological polar surface area (TPSA) is 55.8 Å². The third kappa shape index (κ3) is 4.81. The largest absolute Gasteiger partial charge is 0.392 e. The fourth-order valence-electron chi connectivity index (χ4n) is 2.70. The summed E-state index contributed by atoms with van der Waals surface area (Å²) in [6.07, 6.45) is 0.481. The molecular weight excluding hydrogens is 266 g/mol. The van der Waals surface area contributed by atoms with Crippen LogP contribution in [0, 0.1) is 0 Å². The Balaban J connectivity index is 1.83. The van der Waals surface area contributed by atoms with Crippen molar-refractivity contribution in [3.8, 4) is 0 Å². The van der Waals surface area contributed by atoms with Crippen LogP contribution >= 0.6 is 0 Å². The number of likely N-dealkylation sites (N-methyl/N-ethyl adjacent to an activating group) is 1. The van der Waals surface area contributed by atoms with E-state index >= 15 is 0 Å². The molecule has 5 heteroatoms. The zero-order valence-corrected chi connectivity index (χ0v) is 12.8. The lowest BCUT2D eigenvalue weighted by Crippen LogP contribution is -2.40. The second kappa shape index (κ2) is 7.54. The van der Waals surface area contributed by atoms with Gasteiger partial charge in [0, 0.05) is 19.6 Å². The molecule has 1 fully saturated rings. The Labute approximate surface area is 126 Å². The average Bonchev–Trinajstić information content (AvgIpc) is 2.85. The van der Waals surface area contributed by atoms with E-state index in [1.54, 1.807) is 0 Å². The standard InChI is InChI=1S/C16H25N3O2/c1-18(2)15(13-6-4-3-5-7-13)10-17-16(21)12-19-9-8-14(20)11-19/h3-7,14-15,20H,8-12H2,1-2H3,(H,17,21)/t14-,15-/m1/s1. The minimum atomic E-state index is -0.281. The molecule has 5 nitrogen and oxygen atoms in total. The molecule has 1 amide bonds. The number of likely N-dealkylation sites (tertiary alicyclic amines) is 1. The molecule has 1 aliphatic heterocycles. The fraction of sp³-hybridized carbons (Fsp3) is 0.562. The van der Waals surface area contributed by atoms with Crippen molar-refractivity contribution in [2.45, 2.75) is 18.6 Å². The number of nitrogens with one attached hydrogen (secondary N) is 1. The number of benzene rings is 1. The van der Waals surface area contributed by atoms with Gasteiger partial charge < -0.3 is 15.3 Å². The summed E-state index contributed by atoms with van der Waals surface area (Å²) in [5, 5.41) is 12.5. The lowest BCUT2D eigenvalue weighted by molar-refractivity contribution is -0.122. The summed E-state index contributed by atoms with van der Waals surface area (Å²) >= 11 is 0. The van der Waals surface area contributed by atoms with Crippen LogP contribution in [0.2, 0.25) is 0 Å². The van der Waals surface area contributed by atoms with Gasteiger partial charge in [-0.15, -0.1) is 0 Å². The Morgan fingerprint density at radius 1 is 1.43 bits per heavy atom. The highest BCUT2D eigenvalue weighted by Crippen LogP contribution is 2.16. The van der Waals surface area contributed by atoms with Crippen molar-refractivity contribution in [2.75, 3.05) is 40.3 Å². The van der Waals surface area contributed by atoms with E-state index < -0.39 is 0 Å². The van der Waals surface area contributed by atoms with Gasteiger partial charge >= 0.3 is 0 Å². The lowest BCUT2D eigenvalue weighted by Gasteiger charge is -2.25. The van der Waals surface area contributed by atoms with Crippen LogP contribution in [0.25, 0.3) is 0 Å². The summed E-state index contributed by atoms with van der Waals surface area (Å²) in [6.45, 7) is 2.35. The Bertz CT molecular complexity index is 450. The summed E-state index contributed by atoms with van der Waals surface area (Å²) in [6, 6.07) is 10.3. The number of amides is 1. The Hall–Kier alpha value is -1.43. The number of aliphatic hydroxyl groups excluding tert-OH is 1. The predicted molar refractivity (Wildman–Crippen MR) is 82.9 cm³/mol. The first-order valence-corrected chi connectivity index (χ1v) is 7.44. The van der Waals surface area contributed by atoms with Gasteiger partial charge in [-0.2, -0.15) is 0 Å². The summed E-state index contributed by atoms with van der Waals surface area (Å²) in [7, 11) is 4.03. The fourth-order valence-corrected chi connectivity index (χ4v) is 2.70. The molecule has 0 saturated carbocycles. The van der Waals surface area contributed by atoms with Crippen molar-refractivity contribution < 1.29 is 9.90 Å². The monoisotopic (exact) mass is 291 g/mol. The van der Waals surface area contributed by atoms with E-state index in [1.165, 1.54) is 5.56 Å². The van der Waals surface area contributed by atoms with Crippen LogP contribution in [0.3, 0.4) is 0 Å². The number of carbonyl (C=O) groups excluding carboxylic acids is 1. The molecule has 1 saturated heterocycles.